The van der Waals surface area contributed by atoms with E-state index in [4.69, 9.17) is 4.42 Å². The van der Waals surface area contributed by atoms with E-state index < -0.39 is 6.10 Å². The third kappa shape index (κ3) is 4.50. The van der Waals surface area contributed by atoms with Crippen LogP contribution in [0, 0.1) is 5.41 Å². The molecule has 1 aliphatic rings. The lowest BCUT2D eigenvalue weighted by Crippen LogP contribution is -2.45. The predicted octanol–water partition coefficient (Wildman–Crippen LogP) is 3.36. The van der Waals surface area contributed by atoms with Crippen LogP contribution in [0.1, 0.15) is 64.2 Å². The molecule has 5 nitrogen and oxygen atoms in total. The Hall–Kier alpha value is -1.49. The van der Waals surface area contributed by atoms with Gasteiger partial charge in [-0.2, -0.15) is 0 Å². The standard InChI is InChI=1S/C17H28N2O3/c1-3-17(8-4-5-9-17)12-18-16(21)19-13(2)11-14(20)15-7-6-10-22-15/h6-7,10,13-14,20H,3-5,8-9,11-12H2,1-2H3,(H2,18,19,21). The molecule has 0 aromatic carbocycles. The molecular formula is C17H28N2O3. The zero-order chi connectivity index (χ0) is 16.0. The molecule has 2 atom stereocenters. The summed E-state index contributed by atoms with van der Waals surface area (Å²) in [6, 6.07) is 3.21. The molecular weight excluding hydrogens is 280 g/mol. The molecule has 0 aliphatic heterocycles. The summed E-state index contributed by atoms with van der Waals surface area (Å²) in [5.41, 5.74) is 0.286. The topological polar surface area (TPSA) is 74.5 Å². The highest BCUT2D eigenvalue weighted by Crippen LogP contribution is 2.40. The van der Waals surface area contributed by atoms with Crippen LogP contribution in [-0.2, 0) is 0 Å². The average Bonchev–Trinajstić information content (AvgIpc) is 3.17. The van der Waals surface area contributed by atoms with E-state index in [0.717, 1.165) is 13.0 Å². The Bertz CT molecular complexity index is 452. The van der Waals surface area contributed by atoms with Crippen LogP contribution in [0.25, 0.3) is 0 Å². The summed E-state index contributed by atoms with van der Waals surface area (Å²) in [7, 11) is 0. The smallest absolute Gasteiger partial charge is 0.315 e. The number of hydrogen-bond donors (Lipinski definition) is 3. The van der Waals surface area contributed by atoms with Gasteiger partial charge in [0.1, 0.15) is 11.9 Å². The number of amides is 2. The number of nitrogens with one attached hydrogen (secondary N) is 2. The maximum Gasteiger partial charge on any atom is 0.315 e. The van der Waals surface area contributed by atoms with Gasteiger partial charge < -0.3 is 20.2 Å². The lowest BCUT2D eigenvalue weighted by atomic mass is 9.83. The summed E-state index contributed by atoms with van der Waals surface area (Å²) >= 11 is 0. The zero-order valence-electron chi connectivity index (χ0n) is 13.6. The van der Waals surface area contributed by atoms with Crippen molar-refractivity contribution >= 4 is 6.03 Å². The fourth-order valence-electron chi connectivity index (χ4n) is 3.31. The minimum absolute atomic E-state index is 0.124. The van der Waals surface area contributed by atoms with Gasteiger partial charge in [0.25, 0.3) is 0 Å². The monoisotopic (exact) mass is 308 g/mol. The van der Waals surface area contributed by atoms with Crippen LogP contribution in [0.5, 0.6) is 0 Å². The van der Waals surface area contributed by atoms with Crippen molar-refractivity contribution in [2.45, 2.75) is 64.5 Å². The second-order valence-electron chi connectivity index (χ2n) is 6.56. The van der Waals surface area contributed by atoms with Gasteiger partial charge in [-0.25, -0.2) is 4.79 Å². The van der Waals surface area contributed by atoms with E-state index in [9.17, 15) is 9.90 Å². The zero-order valence-corrected chi connectivity index (χ0v) is 13.6. The molecule has 1 aliphatic carbocycles. The summed E-state index contributed by atoms with van der Waals surface area (Å²) in [6.07, 6.45) is 7.33. The lowest BCUT2D eigenvalue weighted by molar-refractivity contribution is 0.129. The minimum Gasteiger partial charge on any atom is -0.467 e. The molecule has 2 amide bonds. The number of carbonyl (C=O) groups is 1. The highest BCUT2D eigenvalue weighted by molar-refractivity contribution is 5.74. The Morgan fingerprint density at radius 1 is 1.45 bits per heavy atom. The molecule has 0 bridgehead atoms. The first-order valence-electron chi connectivity index (χ1n) is 8.30. The number of aliphatic hydroxyl groups is 1. The van der Waals surface area contributed by atoms with E-state index in [2.05, 4.69) is 17.6 Å². The van der Waals surface area contributed by atoms with E-state index in [1.54, 1.807) is 12.1 Å². The molecule has 2 unspecified atom stereocenters. The van der Waals surface area contributed by atoms with Crippen LogP contribution in [0.2, 0.25) is 0 Å². The summed E-state index contributed by atoms with van der Waals surface area (Å²) in [5.74, 6) is 0.532. The first kappa shape index (κ1) is 16.9. The second kappa shape index (κ2) is 7.68. The van der Waals surface area contributed by atoms with Gasteiger partial charge in [0.15, 0.2) is 0 Å². The average molecular weight is 308 g/mol. The van der Waals surface area contributed by atoms with Crippen molar-refractivity contribution < 1.29 is 14.3 Å². The van der Waals surface area contributed by atoms with Gasteiger partial charge in [0.05, 0.1) is 6.26 Å². The quantitative estimate of drug-likeness (QED) is 0.723. The SMILES string of the molecule is CCC1(CNC(=O)NC(C)CC(O)c2ccco2)CCCC1. The van der Waals surface area contributed by atoms with Gasteiger partial charge in [-0.15, -0.1) is 0 Å². The van der Waals surface area contributed by atoms with E-state index in [1.807, 2.05) is 6.92 Å². The van der Waals surface area contributed by atoms with Crippen molar-refractivity contribution in [1.82, 2.24) is 10.6 Å². The van der Waals surface area contributed by atoms with E-state index in [1.165, 1.54) is 31.9 Å². The Balaban J connectivity index is 1.72. The third-order valence-corrected chi connectivity index (χ3v) is 4.86. The van der Waals surface area contributed by atoms with E-state index >= 15 is 0 Å². The van der Waals surface area contributed by atoms with Crippen LogP contribution in [0.15, 0.2) is 22.8 Å². The summed E-state index contributed by atoms with van der Waals surface area (Å²) < 4.78 is 5.17. The Morgan fingerprint density at radius 2 is 2.18 bits per heavy atom. The summed E-state index contributed by atoms with van der Waals surface area (Å²) in [5, 5.41) is 15.9. The molecule has 0 spiro atoms. The molecule has 0 saturated heterocycles. The van der Waals surface area contributed by atoms with Crippen molar-refractivity contribution in [2.24, 2.45) is 5.41 Å². The molecule has 2 rings (SSSR count). The van der Waals surface area contributed by atoms with Crippen LogP contribution < -0.4 is 10.6 Å². The molecule has 1 aromatic heterocycles. The predicted molar refractivity (Wildman–Crippen MR) is 85.5 cm³/mol. The van der Waals surface area contributed by atoms with Gasteiger partial charge in [-0.1, -0.05) is 19.8 Å². The largest absolute Gasteiger partial charge is 0.467 e. The van der Waals surface area contributed by atoms with Crippen LogP contribution in [0.3, 0.4) is 0 Å². The van der Waals surface area contributed by atoms with E-state index in [0.29, 0.717) is 12.2 Å². The number of rotatable bonds is 7. The Morgan fingerprint density at radius 3 is 2.77 bits per heavy atom. The third-order valence-electron chi connectivity index (χ3n) is 4.86. The summed E-state index contributed by atoms with van der Waals surface area (Å²) in [6.45, 7) is 4.83. The Labute approximate surface area is 132 Å². The first-order chi connectivity index (χ1) is 10.5. The number of furan rings is 1. The van der Waals surface area contributed by atoms with Gasteiger partial charge in [0.2, 0.25) is 0 Å². The molecule has 1 aromatic rings. The van der Waals surface area contributed by atoms with Crippen molar-refractivity contribution in [3.8, 4) is 0 Å². The number of hydrogen-bond acceptors (Lipinski definition) is 3. The van der Waals surface area contributed by atoms with Gasteiger partial charge >= 0.3 is 6.03 Å². The van der Waals surface area contributed by atoms with Crippen molar-refractivity contribution in [2.75, 3.05) is 6.54 Å². The molecule has 1 heterocycles. The molecule has 1 fully saturated rings. The number of carbonyl (C=O) groups excluding carboxylic acids is 1. The Kier molecular flexibility index (Phi) is 5.89. The fraction of sp³-hybridized carbons (Fsp3) is 0.706. The highest BCUT2D eigenvalue weighted by atomic mass is 16.4. The minimum atomic E-state index is -0.692. The maximum atomic E-state index is 12.0. The van der Waals surface area contributed by atoms with Gasteiger partial charge in [0, 0.05) is 19.0 Å². The van der Waals surface area contributed by atoms with Crippen LogP contribution in [0.4, 0.5) is 4.79 Å². The van der Waals surface area contributed by atoms with Crippen molar-refractivity contribution in [1.29, 1.82) is 0 Å². The van der Waals surface area contributed by atoms with Crippen LogP contribution in [-0.4, -0.2) is 23.7 Å². The first-order valence-corrected chi connectivity index (χ1v) is 8.30. The van der Waals surface area contributed by atoms with Crippen molar-refractivity contribution in [3.63, 3.8) is 0 Å². The molecule has 3 N–H and O–H groups in total. The molecule has 0 radical (unpaired) electrons. The molecule has 1 saturated carbocycles. The van der Waals surface area contributed by atoms with E-state index in [-0.39, 0.29) is 17.5 Å². The highest BCUT2D eigenvalue weighted by Gasteiger charge is 2.32. The number of urea groups is 1. The normalized spacial score (nSPS) is 19.6. The van der Waals surface area contributed by atoms with Gasteiger partial charge in [-0.05, 0) is 43.7 Å². The molecule has 22 heavy (non-hydrogen) atoms. The van der Waals surface area contributed by atoms with Crippen LogP contribution >= 0.6 is 0 Å². The maximum absolute atomic E-state index is 12.0. The number of aliphatic hydroxyl groups excluding tert-OH is 1. The summed E-state index contributed by atoms with van der Waals surface area (Å²) in [4.78, 5) is 12.0. The fourth-order valence-corrected chi connectivity index (χ4v) is 3.31. The van der Waals surface area contributed by atoms with Gasteiger partial charge in [-0.3, -0.25) is 0 Å². The lowest BCUT2D eigenvalue weighted by Gasteiger charge is -2.28. The molecule has 124 valence electrons. The molecule has 5 heteroatoms. The van der Waals surface area contributed by atoms with Crippen molar-refractivity contribution in [3.05, 3.63) is 24.2 Å². The second-order valence-corrected chi connectivity index (χ2v) is 6.56.